The smallest absolute Gasteiger partial charge is 0.431 e. The molecule has 4 aliphatic carbocycles. The summed E-state index contributed by atoms with van der Waals surface area (Å²) in [6.45, 7) is 26.8. The van der Waals surface area contributed by atoms with Crippen molar-refractivity contribution in [2.45, 2.75) is 188 Å². The van der Waals surface area contributed by atoms with Gasteiger partial charge >= 0.3 is 6.16 Å². The van der Waals surface area contributed by atoms with E-state index >= 15 is 0 Å². The fourth-order valence-electron chi connectivity index (χ4n) is 13.2. The largest absolute Gasteiger partial charge is 0.508 e. The SMILES string of the molecule is CC(C)CCCC(C)C1CCC2C3CC=C4CC(OC(=O)OC5CNC(C(c6ccc(C(C)(C)C)cc6)c6ccc(C(C)(C)C)cc6)C5)CCC4(C)C3CCC12C. The van der Waals surface area contributed by atoms with Gasteiger partial charge in [-0.15, -0.1) is 0 Å². The van der Waals surface area contributed by atoms with Crippen LogP contribution in [0.3, 0.4) is 0 Å². The van der Waals surface area contributed by atoms with E-state index < -0.39 is 6.16 Å². The van der Waals surface area contributed by atoms with Gasteiger partial charge in [0.15, 0.2) is 0 Å². The molecule has 10 atom stereocenters. The van der Waals surface area contributed by atoms with Gasteiger partial charge in [-0.3, -0.25) is 0 Å². The Bertz CT molecular complexity index is 1650. The molecule has 4 heteroatoms. The number of carbonyl (C=O) groups excluding carboxylic acids is 1. The molecule has 0 amide bonds. The molecule has 1 N–H and O–H groups in total. The molecule has 2 aromatic carbocycles. The molecule has 0 bridgehead atoms. The number of allylic oxidation sites excluding steroid dienone is 1. The van der Waals surface area contributed by atoms with Gasteiger partial charge < -0.3 is 14.8 Å². The molecular formula is C53H79NO3. The maximum atomic E-state index is 13.5. The van der Waals surface area contributed by atoms with E-state index in [1.54, 1.807) is 5.57 Å². The minimum absolute atomic E-state index is 0.0923. The molecule has 3 saturated carbocycles. The zero-order valence-corrected chi connectivity index (χ0v) is 37.9. The summed E-state index contributed by atoms with van der Waals surface area (Å²) in [4.78, 5) is 13.5. The zero-order chi connectivity index (χ0) is 40.9. The topological polar surface area (TPSA) is 47.6 Å². The Morgan fingerprint density at radius 2 is 1.39 bits per heavy atom. The normalized spacial score (nSPS) is 33.4. The van der Waals surface area contributed by atoms with Crippen molar-refractivity contribution in [1.29, 1.82) is 0 Å². The van der Waals surface area contributed by atoms with Gasteiger partial charge in [0.25, 0.3) is 0 Å². The molecular weight excluding hydrogens is 699 g/mol. The molecule has 1 heterocycles. The second kappa shape index (κ2) is 16.5. The summed E-state index contributed by atoms with van der Waals surface area (Å²) in [7, 11) is 0. The van der Waals surface area contributed by atoms with Crippen LogP contribution in [0.1, 0.15) is 181 Å². The Labute approximate surface area is 348 Å². The molecule has 7 rings (SSSR count). The van der Waals surface area contributed by atoms with Crippen molar-refractivity contribution in [2.24, 2.45) is 46.3 Å². The van der Waals surface area contributed by atoms with Gasteiger partial charge in [-0.2, -0.15) is 0 Å². The minimum Gasteiger partial charge on any atom is -0.431 e. The quantitative estimate of drug-likeness (QED) is 0.193. The first-order valence-electron chi connectivity index (χ1n) is 23.4. The Kier molecular flexibility index (Phi) is 12.3. The lowest BCUT2D eigenvalue weighted by Gasteiger charge is -2.58. The van der Waals surface area contributed by atoms with E-state index in [2.05, 4.69) is 136 Å². The number of ether oxygens (including phenoxy) is 2. The molecule has 0 spiro atoms. The highest BCUT2D eigenvalue weighted by Crippen LogP contribution is 2.67. The third-order valence-corrected chi connectivity index (χ3v) is 16.6. The first-order valence-corrected chi connectivity index (χ1v) is 23.4. The Balaban J connectivity index is 0.965. The van der Waals surface area contributed by atoms with Crippen molar-refractivity contribution >= 4 is 6.16 Å². The standard InChI is InChI=1S/C53H79NO3/c1-34(2)13-12-14-35(3)44-25-26-45-43-24-23-40-31-41(27-29-52(40,10)46(43)28-30-53(44,45)11)56-49(55)57-42-32-47(54-33-42)48(36-15-19-38(20-16-36)50(4,5)6)37-17-21-39(22-18-37)51(7,8)9/h15-23,34-35,41-48,54H,12-14,24-33H2,1-11H3. The fraction of sp³-hybridized carbons (Fsp3) is 0.717. The maximum Gasteiger partial charge on any atom is 0.508 e. The van der Waals surface area contributed by atoms with E-state index in [9.17, 15) is 4.79 Å². The van der Waals surface area contributed by atoms with E-state index in [1.807, 2.05) is 0 Å². The van der Waals surface area contributed by atoms with Gasteiger partial charge in [0, 0.05) is 31.3 Å². The van der Waals surface area contributed by atoms with Crippen LogP contribution >= 0.6 is 0 Å². The average Bonchev–Trinajstić information content (AvgIpc) is 3.75. The lowest BCUT2D eigenvalue weighted by Crippen LogP contribution is -2.51. The van der Waals surface area contributed by atoms with Crippen molar-refractivity contribution in [3.05, 3.63) is 82.4 Å². The highest BCUT2D eigenvalue weighted by molar-refractivity contribution is 5.60. The minimum atomic E-state index is -0.487. The van der Waals surface area contributed by atoms with Gasteiger partial charge in [0.2, 0.25) is 0 Å². The molecule has 10 unspecified atom stereocenters. The van der Waals surface area contributed by atoms with Crippen LogP contribution in [0.5, 0.6) is 0 Å². The summed E-state index contributed by atoms with van der Waals surface area (Å²) in [6, 6.07) is 18.5. The number of nitrogens with one attached hydrogen (secondary N) is 1. The lowest BCUT2D eigenvalue weighted by atomic mass is 9.47. The molecule has 4 fully saturated rings. The van der Waals surface area contributed by atoms with Crippen molar-refractivity contribution in [3.8, 4) is 0 Å². The molecule has 0 radical (unpaired) electrons. The molecule has 1 saturated heterocycles. The second-order valence-electron chi connectivity index (χ2n) is 22.7. The van der Waals surface area contributed by atoms with Crippen LogP contribution in [0, 0.1) is 46.3 Å². The van der Waals surface area contributed by atoms with Crippen molar-refractivity contribution in [1.82, 2.24) is 5.32 Å². The van der Waals surface area contributed by atoms with Gasteiger partial charge in [0.1, 0.15) is 12.2 Å². The van der Waals surface area contributed by atoms with Crippen molar-refractivity contribution in [3.63, 3.8) is 0 Å². The highest BCUT2D eigenvalue weighted by Gasteiger charge is 2.59. The Morgan fingerprint density at radius 1 is 0.772 bits per heavy atom. The number of hydrogen-bond acceptors (Lipinski definition) is 4. The number of benzene rings is 2. The van der Waals surface area contributed by atoms with Crippen LogP contribution in [-0.2, 0) is 20.3 Å². The summed E-state index contributed by atoms with van der Waals surface area (Å²) >= 11 is 0. The fourth-order valence-corrected chi connectivity index (χ4v) is 13.2. The van der Waals surface area contributed by atoms with Crippen molar-refractivity contribution in [2.75, 3.05) is 6.54 Å². The van der Waals surface area contributed by atoms with E-state index in [0.717, 1.165) is 61.2 Å². The van der Waals surface area contributed by atoms with Crippen LogP contribution in [0.15, 0.2) is 60.2 Å². The molecule has 57 heavy (non-hydrogen) atoms. The molecule has 1 aliphatic heterocycles. The van der Waals surface area contributed by atoms with Crippen LogP contribution in [0.25, 0.3) is 0 Å². The van der Waals surface area contributed by atoms with Gasteiger partial charge in [-0.05, 0) is 124 Å². The summed E-state index contributed by atoms with van der Waals surface area (Å²) in [5.74, 6) is 5.14. The Morgan fingerprint density at radius 3 is 1.98 bits per heavy atom. The van der Waals surface area contributed by atoms with Crippen LogP contribution in [-0.4, -0.2) is 30.9 Å². The number of rotatable bonds is 10. The van der Waals surface area contributed by atoms with Crippen LogP contribution in [0.4, 0.5) is 4.79 Å². The van der Waals surface area contributed by atoms with Gasteiger partial charge in [0.05, 0.1) is 0 Å². The summed E-state index contributed by atoms with van der Waals surface area (Å²) < 4.78 is 12.3. The lowest BCUT2D eigenvalue weighted by molar-refractivity contribution is -0.0633. The predicted octanol–water partition coefficient (Wildman–Crippen LogP) is 13.7. The van der Waals surface area contributed by atoms with E-state index in [4.69, 9.17) is 9.47 Å². The number of fused-ring (bicyclic) bond motifs is 5. The van der Waals surface area contributed by atoms with Crippen molar-refractivity contribution < 1.29 is 14.3 Å². The second-order valence-corrected chi connectivity index (χ2v) is 22.7. The average molecular weight is 778 g/mol. The van der Waals surface area contributed by atoms with E-state index in [0.29, 0.717) is 12.0 Å². The van der Waals surface area contributed by atoms with E-state index in [1.165, 1.54) is 73.6 Å². The highest BCUT2D eigenvalue weighted by atomic mass is 16.7. The zero-order valence-electron chi connectivity index (χ0n) is 37.9. The van der Waals surface area contributed by atoms with E-state index in [-0.39, 0.29) is 40.4 Å². The summed E-state index contributed by atoms with van der Waals surface area (Å²) in [5, 5.41) is 3.77. The third-order valence-electron chi connectivity index (χ3n) is 16.6. The van der Waals surface area contributed by atoms with Gasteiger partial charge in [-0.1, -0.05) is 156 Å². The molecule has 0 aromatic heterocycles. The van der Waals surface area contributed by atoms with Crippen LogP contribution < -0.4 is 5.32 Å². The summed E-state index contributed by atoms with van der Waals surface area (Å²) in [5.41, 5.74) is 7.77. The number of hydrogen-bond donors (Lipinski definition) is 1. The first kappa shape index (κ1) is 42.5. The van der Waals surface area contributed by atoms with Crippen LogP contribution in [0.2, 0.25) is 0 Å². The van der Waals surface area contributed by atoms with Gasteiger partial charge in [-0.25, -0.2) is 4.79 Å². The molecule has 4 nitrogen and oxygen atoms in total. The maximum absolute atomic E-state index is 13.5. The summed E-state index contributed by atoms with van der Waals surface area (Å²) in [6.07, 6.45) is 16.5. The third kappa shape index (κ3) is 8.83. The Hall–Kier alpha value is -2.59. The predicted molar refractivity (Wildman–Crippen MR) is 237 cm³/mol. The first-order chi connectivity index (χ1) is 26.9. The monoisotopic (exact) mass is 778 g/mol. The number of carbonyl (C=O) groups is 1. The molecule has 5 aliphatic rings. The molecule has 2 aromatic rings. The molecule has 314 valence electrons.